The van der Waals surface area contributed by atoms with Gasteiger partial charge in [-0.05, 0) is 24.1 Å². The number of amides is 3. The van der Waals surface area contributed by atoms with Crippen LogP contribution in [0.1, 0.15) is 18.4 Å². The predicted octanol–water partition coefficient (Wildman–Crippen LogP) is 0.545. The highest BCUT2D eigenvalue weighted by Crippen LogP contribution is 2.10. The van der Waals surface area contributed by atoms with Gasteiger partial charge in [0.05, 0.1) is 0 Å². The van der Waals surface area contributed by atoms with Gasteiger partial charge in [0, 0.05) is 31.2 Å². The molecule has 1 atom stereocenters. The van der Waals surface area contributed by atoms with Gasteiger partial charge in [-0.15, -0.1) is 0 Å². The molecule has 0 bridgehead atoms. The Bertz CT molecular complexity index is 465. The highest BCUT2D eigenvalue weighted by Gasteiger charge is 2.19. The minimum atomic E-state index is -0.268. The summed E-state index contributed by atoms with van der Waals surface area (Å²) in [4.78, 5) is 22.8. The fraction of sp³-hybridized carbons (Fsp3) is 0.385. The van der Waals surface area contributed by atoms with Crippen LogP contribution in [0.15, 0.2) is 24.3 Å². The van der Waals surface area contributed by atoms with Crippen molar-refractivity contribution in [1.82, 2.24) is 10.6 Å². The van der Waals surface area contributed by atoms with E-state index in [1.54, 1.807) is 6.07 Å². The van der Waals surface area contributed by atoms with Crippen molar-refractivity contribution in [2.45, 2.75) is 25.4 Å². The minimum Gasteiger partial charge on any atom is -0.354 e. The number of nitrogens with two attached hydrogens (primary N) is 1. The molecule has 1 heterocycles. The Balaban J connectivity index is 1.85. The van der Waals surface area contributed by atoms with Gasteiger partial charge < -0.3 is 21.7 Å². The molecule has 1 aliphatic heterocycles. The van der Waals surface area contributed by atoms with Crippen LogP contribution in [-0.4, -0.2) is 24.5 Å². The molecule has 0 radical (unpaired) electrons. The second-order valence-electron chi connectivity index (χ2n) is 4.54. The summed E-state index contributed by atoms with van der Waals surface area (Å²) in [5.41, 5.74) is 7.21. The molecular formula is C13H18N4O2. The van der Waals surface area contributed by atoms with E-state index < -0.39 is 0 Å². The van der Waals surface area contributed by atoms with Gasteiger partial charge in [0.15, 0.2) is 0 Å². The highest BCUT2D eigenvalue weighted by atomic mass is 16.2. The molecule has 1 aliphatic rings. The van der Waals surface area contributed by atoms with Gasteiger partial charge >= 0.3 is 6.03 Å². The van der Waals surface area contributed by atoms with E-state index in [0.717, 1.165) is 5.56 Å². The number of hydrogen-bond acceptors (Lipinski definition) is 3. The third kappa shape index (κ3) is 3.96. The Labute approximate surface area is 111 Å². The molecule has 102 valence electrons. The summed E-state index contributed by atoms with van der Waals surface area (Å²) in [5.74, 6) is 0.0362. The van der Waals surface area contributed by atoms with Crippen molar-refractivity contribution in [3.63, 3.8) is 0 Å². The van der Waals surface area contributed by atoms with Crippen molar-refractivity contribution in [1.29, 1.82) is 0 Å². The standard InChI is InChI=1S/C13H18N4O2/c14-7-9-2-1-3-10(6-9)16-13(19)17-11-4-5-12(18)15-8-11/h1-3,6,11H,4-5,7-8,14H2,(H,15,18)(H2,16,17,19). The van der Waals surface area contributed by atoms with E-state index in [1.807, 2.05) is 18.2 Å². The third-order valence-electron chi connectivity index (χ3n) is 3.02. The molecular weight excluding hydrogens is 244 g/mol. The summed E-state index contributed by atoms with van der Waals surface area (Å²) in [6.45, 7) is 0.918. The Morgan fingerprint density at radius 2 is 2.32 bits per heavy atom. The van der Waals surface area contributed by atoms with Crippen LogP contribution in [0.2, 0.25) is 0 Å². The number of carbonyl (C=O) groups is 2. The molecule has 0 spiro atoms. The van der Waals surface area contributed by atoms with Gasteiger partial charge in [0.25, 0.3) is 0 Å². The fourth-order valence-corrected chi connectivity index (χ4v) is 1.98. The van der Waals surface area contributed by atoms with Gasteiger partial charge in [-0.3, -0.25) is 4.79 Å². The average molecular weight is 262 g/mol. The Morgan fingerprint density at radius 1 is 1.47 bits per heavy atom. The van der Waals surface area contributed by atoms with Crippen LogP contribution in [0.25, 0.3) is 0 Å². The fourth-order valence-electron chi connectivity index (χ4n) is 1.98. The maximum Gasteiger partial charge on any atom is 0.319 e. The van der Waals surface area contributed by atoms with Crippen LogP contribution in [-0.2, 0) is 11.3 Å². The van der Waals surface area contributed by atoms with Crippen molar-refractivity contribution in [2.24, 2.45) is 5.73 Å². The lowest BCUT2D eigenvalue weighted by molar-refractivity contribution is -0.122. The third-order valence-corrected chi connectivity index (χ3v) is 3.02. The summed E-state index contributed by atoms with van der Waals surface area (Å²) in [5, 5.41) is 8.31. The van der Waals surface area contributed by atoms with Crippen LogP contribution in [0.3, 0.4) is 0 Å². The van der Waals surface area contributed by atoms with Crippen LogP contribution in [0.5, 0.6) is 0 Å². The number of hydrogen-bond donors (Lipinski definition) is 4. The summed E-state index contributed by atoms with van der Waals surface area (Å²) >= 11 is 0. The van der Waals surface area contributed by atoms with E-state index in [-0.39, 0.29) is 18.0 Å². The maximum absolute atomic E-state index is 11.8. The highest BCUT2D eigenvalue weighted by molar-refractivity contribution is 5.89. The van der Waals surface area contributed by atoms with Crippen molar-refractivity contribution >= 4 is 17.6 Å². The lowest BCUT2D eigenvalue weighted by Gasteiger charge is -2.23. The number of nitrogens with one attached hydrogen (secondary N) is 3. The first-order valence-corrected chi connectivity index (χ1v) is 6.30. The molecule has 1 fully saturated rings. The molecule has 1 aromatic carbocycles. The number of piperidine rings is 1. The summed E-state index contributed by atoms with van der Waals surface area (Å²) in [6.07, 6.45) is 1.12. The van der Waals surface area contributed by atoms with E-state index in [9.17, 15) is 9.59 Å². The molecule has 2 rings (SSSR count). The lowest BCUT2D eigenvalue weighted by Crippen LogP contribution is -2.48. The first-order chi connectivity index (χ1) is 9.17. The summed E-state index contributed by atoms with van der Waals surface area (Å²) in [7, 11) is 0. The summed E-state index contributed by atoms with van der Waals surface area (Å²) in [6, 6.07) is 7.10. The molecule has 19 heavy (non-hydrogen) atoms. The summed E-state index contributed by atoms with van der Waals surface area (Å²) < 4.78 is 0. The SMILES string of the molecule is NCc1cccc(NC(=O)NC2CCC(=O)NC2)c1. The second-order valence-corrected chi connectivity index (χ2v) is 4.54. The number of benzene rings is 1. The van der Waals surface area contributed by atoms with Crippen molar-refractivity contribution < 1.29 is 9.59 Å². The molecule has 0 saturated carbocycles. The Kier molecular flexibility index (Phi) is 4.35. The van der Waals surface area contributed by atoms with Gasteiger partial charge in [0.1, 0.15) is 0 Å². The number of urea groups is 1. The Morgan fingerprint density at radius 3 is 3.00 bits per heavy atom. The monoisotopic (exact) mass is 262 g/mol. The normalized spacial score (nSPS) is 18.6. The molecule has 1 saturated heterocycles. The maximum atomic E-state index is 11.8. The van der Waals surface area contributed by atoms with Gasteiger partial charge in [-0.25, -0.2) is 4.79 Å². The van der Waals surface area contributed by atoms with Crippen LogP contribution < -0.4 is 21.7 Å². The zero-order valence-electron chi connectivity index (χ0n) is 10.6. The first-order valence-electron chi connectivity index (χ1n) is 6.30. The van der Waals surface area contributed by atoms with Crippen LogP contribution in [0, 0.1) is 0 Å². The number of rotatable bonds is 3. The van der Waals surface area contributed by atoms with Crippen LogP contribution in [0.4, 0.5) is 10.5 Å². The molecule has 6 nitrogen and oxygen atoms in total. The largest absolute Gasteiger partial charge is 0.354 e. The molecule has 5 N–H and O–H groups in total. The van der Waals surface area contributed by atoms with Gasteiger partial charge in [-0.1, -0.05) is 12.1 Å². The topological polar surface area (TPSA) is 96.2 Å². The quantitative estimate of drug-likeness (QED) is 0.640. The van der Waals surface area contributed by atoms with E-state index in [4.69, 9.17) is 5.73 Å². The second kappa shape index (κ2) is 6.19. The van der Waals surface area contributed by atoms with Gasteiger partial charge in [0.2, 0.25) is 5.91 Å². The molecule has 1 unspecified atom stereocenters. The van der Waals surface area contributed by atoms with E-state index in [1.165, 1.54) is 0 Å². The first kappa shape index (κ1) is 13.4. The Hall–Kier alpha value is -2.08. The zero-order chi connectivity index (χ0) is 13.7. The molecule has 6 heteroatoms. The smallest absolute Gasteiger partial charge is 0.319 e. The molecule has 1 aromatic rings. The average Bonchev–Trinajstić information content (AvgIpc) is 2.41. The minimum absolute atomic E-state index is 0.0182. The van der Waals surface area contributed by atoms with Gasteiger partial charge in [-0.2, -0.15) is 0 Å². The molecule has 0 aromatic heterocycles. The molecule has 0 aliphatic carbocycles. The van der Waals surface area contributed by atoms with Crippen LogP contribution >= 0.6 is 0 Å². The zero-order valence-corrected chi connectivity index (χ0v) is 10.6. The predicted molar refractivity (Wildman–Crippen MR) is 72.5 cm³/mol. The van der Waals surface area contributed by atoms with E-state index in [2.05, 4.69) is 16.0 Å². The number of carbonyl (C=O) groups excluding carboxylic acids is 2. The van der Waals surface area contributed by atoms with E-state index >= 15 is 0 Å². The van der Waals surface area contributed by atoms with Crippen molar-refractivity contribution in [3.05, 3.63) is 29.8 Å². The van der Waals surface area contributed by atoms with Crippen molar-refractivity contribution in [3.8, 4) is 0 Å². The van der Waals surface area contributed by atoms with Crippen molar-refractivity contribution in [2.75, 3.05) is 11.9 Å². The molecule has 3 amide bonds. The lowest BCUT2D eigenvalue weighted by atomic mass is 10.1. The number of anilines is 1. The van der Waals surface area contributed by atoms with E-state index in [0.29, 0.717) is 31.6 Å².